The molecular formula is C19H21NO2. The number of anilines is 1. The lowest BCUT2D eigenvalue weighted by molar-refractivity contribution is -0.111. The minimum atomic E-state index is -0.145. The summed E-state index contributed by atoms with van der Waals surface area (Å²) in [7, 11) is 1.63. The summed E-state index contributed by atoms with van der Waals surface area (Å²) in [6.45, 7) is 4.29. The molecule has 22 heavy (non-hydrogen) atoms. The molecule has 114 valence electrons. The third-order valence-electron chi connectivity index (χ3n) is 3.39. The summed E-state index contributed by atoms with van der Waals surface area (Å²) in [5, 5.41) is 2.85. The fourth-order valence-electron chi connectivity index (χ4n) is 2.02. The highest BCUT2D eigenvalue weighted by atomic mass is 16.5. The Morgan fingerprint density at radius 1 is 1.05 bits per heavy atom. The predicted molar refractivity (Wildman–Crippen MR) is 91.2 cm³/mol. The van der Waals surface area contributed by atoms with Crippen LogP contribution in [0.3, 0.4) is 0 Å². The molecule has 2 rings (SSSR count). The van der Waals surface area contributed by atoms with Crippen molar-refractivity contribution in [3.63, 3.8) is 0 Å². The molecule has 0 bridgehead atoms. The number of benzene rings is 2. The van der Waals surface area contributed by atoms with Gasteiger partial charge in [0.25, 0.3) is 0 Å². The summed E-state index contributed by atoms with van der Waals surface area (Å²) in [4.78, 5) is 11.9. The first-order chi connectivity index (χ1) is 10.6. The lowest BCUT2D eigenvalue weighted by Gasteiger charge is -2.07. The Morgan fingerprint density at radius 2 is 1.68 bits per heavy atom. The number of methoxy groups -OCH3 is 1. The number of rotatable bonds is 5. The highest BCUT2D eigenvalue weighted by Gasteiger charge is 2.01. The molecule has 0 aliphatic carbocycles. The highest BCUT2D eigenvalue weighted by Crippen LogP contribution is 2.17. The van der Waals surface area contributed by atoms with E-state index in [1.807, 2.05) is 48.5 Å². The Bertz CT molecular complexity index is 640. The smallest absolute Gasteiger partial charge is 0.248 e. The fourth-order valence-corrected chi connectivity index (χ4v) is 2.02. The largest absolute Gasteiger partial charge is 0.497 e. The van der Waals surface area contributed by atoms with Gasteiger partial charge in [-0.1, -0.05) is 38.1 Å². The zero-order valence-corrected chi connectivity index (χ0v) is 13.2. The molecule has 0 radical (unpaired) electrons. The van der Waals surface area contributed by atoms with E-state index in [0.29, 0.717) is 5.92 Å². The van der Waals surface area contributed by atoms with Crippen molar-refractivity contribution in [2.45, 2.75) is 19.8 Å². The van der Waals surface area contributed by atoms with Crippen molar-refractivity contribution < 1.29 is 9.53 Å². The van der Waals surface area contributed by atoms with Gasteiger partial charge in [0.1, 0.15) is 5.75 Å². The van der Waals surface area contributed by atoms with Crippen LogP contribution in [0.4, 0.5) is 5.69 Å². The maximum absolute atomic E-state index is 11.9. The van der Waals surface area contributed by atoms with Crippen LogP contribution in [0.2, 0.25) is 0 Å². The normalized spacial score (nSPS) is 10.9. The van der Waals surface area contributed by atoms with Crippen LogP contribution in [0.5, 0.6) is 5.75 Å². The molecule has 0 aliphatic heterocycles. The minimum Gasteiger partial charge on any atom is -0.497 e. The van der Waals surface area contributed by atoms with E-state index in [0.717, 1.165) is 17.0 Å². The monoisotopic (exact) mass is 295 g/mol. The number of carbonyl (C=O) groups excluding carboxylic acids is 1. The Labute approximate surface area is 131 Å². The van der Waals surface area contributed by atoms with Crippen molar-refractivity contribution in [2.24, 2.45) is 0 Å². The van der Waals surface area contributed by atoms with E-state index >= 15 is 0 Å². The molecule has 0 saturated heterocycles. The van der Waals surface area contributed by atoms with Crippen molar-refractivity contribution in [2.75, 3.05) is 12.4 Å². The molecule has 2 aromatic carbocycles. The Morgan fingerprint density at radius 3 is 2.23 bits per heavy atom. The van der Waals surface area contributed by atoms with Crippen molar-refractivity contribution in [3.05, 3.63) is 65.7 Å². The SMILES string of the molecule is COc1ccc(/C=C/C(=O)Nc2ccc(C(C)C)cc2)cc1. The third kappa shape index (κ3) is 4.48. The maximum Gasteiger partial charge on any atom is 0.248 e. The van der Waals surface area contributed by atoms with E-state index in [4.69, 9.17) is 4.74 Å². The first-order valence-electron chi connectivity index (χ1n) is 7.31. The first-order valence-corrected chi connectivity index (χ1v) is 7.31. The molecule has 1 amide bonds. The Hall–Kier alpha value is -2.55. The zero-order chi connectivity index (χ0) is 15.9. The average Bonchev–Trinajstić information content (AvgIpc) is 2.54. The molecule has 0 aromatic heterocycles. The molecule has 0 atom stereocenters. The van der Waals surface area contributed by atoms with E-state index < -0.39 is 0 Å². The number of amides is 1. The third-order valence-corrected chi connectivity index (χ3v) is 3.39. The molecule has 0 heterocycles. The van der Waals surface area contributed by atoms with Crippen LogP contribution in [-0.4, -0.2) is 13.0 Å². The second kappa shape index (κ2) is 7.46. The minimum absolute atomic E-state index is 0.145. The summed E-state index contributed by atoms with van der Waals surface area (Å²) < 4.78 is 5.10. The summed E-state index contributed by atoms with van der Waals surface area (Å²) >= 11 is 0. The number of hydrogen-bond donors (Lipinski definition) is 1. The van der Waals surface area contributed by atoms with Crippen LogP contribution in [0.15, 0.2) is 54.6 Å². The van der Waals surface area contributed by atoms with Crippen molar-refractivity contribution in [3.8, 4) is 5.75 Å². The average molecular weight is 295 g/mol. The number of ether oxygens (including phenoxy) is 1. The summed E-state index contributed by atoms with van der Waals surface area (Å²) in [5.74, 6) is 1.14. The standard InChI is InChI=1S/C19H21NO2/c1-14(2)16-7-9-17(10-8-16)20-19(21)13-6-15-4-11-18(22-3)12-5-15/h4-14H,1-3H3,(H,20,21)/b13-6+. The van der Waals surface area contributed by atoms with Gasteiger partial charge in [-0.05, 0) is 47.4 Å². The van der Waals surface area contributed by atoms with Gasteiger partial charge in [0.2, 0.25) is 5.91 Å². The van der Waals surface area contributed by atoms with Gasteiger partial charge < -0.3 is 10.1 Å². The van der Waals surface area contributed by atoms with Crippen molar-refractivity contribution in [1.82, 2.24) is 0 Å². The molecule has 2 aromatic rings. The molecular weight excluding hydrogens is 274 g/mol. The topological polar surface area (TPSA) is 38.3 Å². The molecule has 0 saturated carbocycles. The van der Waals surface area contributed by atoms with Gasteiger partial charge in [-0.25, -0.2) is 0 Å². The molecule has 1 N–H and O–H groups in total. The quantitative estimate of drug-likeness (QED) is 0.826. The van der Waals surface area contributed by atoms with Gasteiger partial charge in [0.05, 0.1) is 7.11 Å². The van der Waals surface area contributed by atoms with E-state index in [9.17, 15) is 4.79 Å². The van der Waals surface area contributed by atoms with Crippen molar-refractivity contribution in [1.29, 1.82) is 0 Å². The summed E-state index contributed by atoms with van der Waals surface area (Å²) in [6.07, 6.45) is 3.30. The van der Waals surface area contributed by atoms with Gasteiger partial charge in [0.15, 0.2) is 0 Å². The van der Waals surface area contributed by atoms with Gasteiger partial charge in [-0.3, -0.25) is 4.79 Å². The molecule has 0 spiro atoms. The molecule has 0 fully saturated rings. The van der Waals surface area contributed by atoms with E-state index in [-0.39, 0.29) is 5.91 Å². The second-order valence-electron chi connectivity index (χ2n) is 5.37. The predicted octanol–water partition coefficient (Wildman–Crippen LogP) is 4.47. The van der Waals surface area contributed by atoms with Crippen LogP contribution in [0.1, 0.15) is 30.9 Å². The van der Waals surface area contributed by atoms with Crippen LogP contribution in [0.25, 0.3) is 6.08 Å². The van der Waals surface area contributed by atoms with Crippen LogP contribution in [0, 0.1) is 0 Å². The summed E-state index contributed by atoms with van der Waals surface area (Å²) in [5.41, 5.74) is 3.01. The molecule has 3 nitrogen and oxygen atoms in total. The lowest BCUT2D eigenvalue weighted by atomic mass is 10.0. The van der Waals surface area contributed by atoms with Gasteiger partial charge in [-0.15, -0.1) is 0 Å². The summed E-state index contributed by atoms with van der Waals surface area (Å²) in [6, 6.07) is 15.5. The maximum atomic E-state index is 11.9. The zero-order valence-electron chi connectivity index (χ0n) is 13.2. The Balaban J connectivity index is 1.95. The van der Waals surface area contributed by atoms with Gasteiger partial charge in [-0.2, -0.15) is 0 Å². The number of nitrogens with one attached hydrogen (secondary N) is 1. The van der Waals surface area contributed by atoms with Crippen LogP contribution < -0.4 is 10.1 Å². The van der Waals surface area contributed by atoms with E-state index in [1.165, 1.54) is 11.6 Å². The number of carbonyl (C=O) groups is 1. The van der Waals surface area contributed by atoms with Crippen molar-refractivity contribution >= 4 is 17.7 Å². The van der Waals surface area contributed by atoms with Crippen LogP contribution in [-0.2, 0) is 4.79 Å². The van der Waals surface area contributed by atoms with E-state index in [2.05, 4.69) is 19.2 Å². The molecule has 0 unspecified atom stereocenters. The molecule has 3 heteroatoms. The van der Waals surface area contributed by atoms with Gasteiger partial charge >= 0.3 is 0 Å². The van der Waals surface area contributed by atoms with E-state index in [1.54, 1.807) is 13.2 Å². The Kier molecular flexibility index (Phi) is 5.37. The molecule has 0 aliphatic rings. The fraction of sp³-hybridized carbons (Fsp3) is 0.211. The van der Waals surface area contributed by atoms with Crippen LogP contribution >= 0.6 is 0 Å². The number of hydrogen-bond acceptors (Lipinski definition) is 2. The second-order valence-corrected chi connectivity index (χ2v) is 5.37. The van der Waals surface area contributed by atoms with Gasteiger partial charge in [0, 0.05) is 11.8 Å². The lowest BCUT2D eigenvalue weighted by Crippen LogP contribution is -2.07. The first kappa shape index (κ1) is 15.8. The highest BCUT2D eigenvalue weighted by molar-refractivity contribution is 6.01.